The molecule has 0 fully saturated rings. The summed E-state index contributed by atoms with van der Waals surface area (Å²) >= 11 is 4.57. The second-order valence-electron chi connectivity index (χ2n) is 4.31. The van der Waals surface area contributed by atoms with Gasteiger partial charge in [0.05, 0.1) is 16.5 Å². The van der Waals surface area contributed by atoms with Crippen LogP contribution < -0.4 is 4.72 Å². The third-order valence-corrected chi connectivity index (χ3v) is 6.34. The minimum atomic E-state index is -3.74. The summed E-state index contributed by atoms with van der Waals surface area (Å²) in [6.07, 6.45) is 0. The molecule has 1 atom stereocenters. The lowest BCUT2D eigenvalue weighted by atomic mass is 10.2. The largest absolute Gasteiger partial charge is 0.478 e. The van der Waals surface area contributed by atoms with Gasteiger partial charge in [-0.05, 0) is 52.5 Å². The fraction of sp³-hybridized carbons (Fsp3) is 0.154. The van der Waals surface area contributed by atoms with Crippen molar-refractivity contribution in [3.63, 3.8) is 0 Å². The molecule has 1 aromatic carbocycles. The maximum absolute atomic E-state index is 12.4. The number of benzene rings is 1. The summed E-state index contributed by atoms with van der Waals surface area (Å²) in [5.41, 5.74) is 0.0205. The van der Waals surface area contributed by atoms with Crippen LogP contribution in [-0.2, 0) is 10.0 Å². The Labute approximate surface area is 134 Å². The van der Waals surface area contributed by atoms with Gasteiger partial charge in [0.25, 0.3) is 0 Å². The van der Waals surface area contributed by atoms with E-state index in [-0.39, 0.29) is 21.0 Å². The number of thiophene rings is 1. The average Bonchev–Trinajstić information content (AvgIpc) is 2.91. The Bertz CT molecular complexity index is 756. The molecule has 0 radical (unpaired) electrons. The number of hydrogen-bond donors (Lipinski definition) is 2. The van der Waals surface area contributed by atoms with Crippen LogP contribution in [-0.4, -0.2) is 19.5 Å². The van der Waals surface area contributed by atoms with Crippen molar-refractivity contribution in [3.8, 4) is 0 Å². The van der Waals surface area contributed by atoms with Crippen LogP contribution in [0.4, 0.5) is 0 Å². The van der Waals surface area contributed by atoms with Crippen LogP contribution in [0.3, 0.4) is 0 Å². The Morgan fingerprint density at radius 2 is 2.10 bits per heavy atom. The predicted octanol–water partition coefficient (Wildman–Crippen LogP) is 3.25. The molecule has 112 valence electrons. The van der Waals surface area contributed by atoms with Gasteiger partial charge in [0.1, 0.15) is 0 Å². The molecule has 2 N–H and O–H groups in total. The SMILES string of the molecule is C[C@@H](NS(=O)(=O)c1ccc(C(=O)O)cc1Br)c1cccs1. The van der Waals surface area contributed by atoms with Crippen LogP contribution >= 0.6 is 27.3 Å². The summed E-state index contributed by atoms with van der Waals surface area (Å²) < 4.78 is 27.5. The zero-order chi connectivity index (χ0) is 15.6. The van der Waals surface area contributed by atoms with E-state index in [0.717, 1.165) is 4.88 Å². The molecule has 0 aliphatic carbocycles. The standard InChI is InChI=1S/C13H12BrNO4S2/c1-8(11-3-2-6-20-11)15-21(18,19)12-5-4-9(13(16)17)7-10(12)14/h2-8,15H,1H3,(H,16,17)/t8-/m1/s1. The number of nitrogens with one attached hydrogen (secondary N) is 1. The Morgan fingerprint density at radius 1 is 1.38 bits per heavy atom. The van der Waals surface area contributed by atoms with Crippen molar-refractivity contribution in [2.24, 2.45) is 0 Å². The van der Waals surface area contributed by atoms with Gasteiger partial charge in [0.2, 0.25) is 10.0 Å². The maximum Gasteiger partial charge on any atom is 0.335 e. The van der Waals surface area contributed by atoms with Gasteiger partial charge in [-0.25, -0.2) is 17.9 Å². The summed E-state index contributed by atoms with van der Waals surface area (Å²) in [7, 11) is -3.74. The highest BCUT2D eigenvalue weighted by Crippen LogP contribution is 2.26. The van der Waals surface area contributed by atoms with Crippen LogP contribution in [0.1, 0.15) is 28.2 Å². The predicted molar refractivity (Wildman–Crippen MR) is 84.2 cm³/mol. The number of hydrogen-bond acceptors (Lipinski definition) is 4. The third-order valence-electron chi connectivity index (χ3n) is 2.77. The fourth-order valence-corrected chi connectivity index (χ4v) is 4.85. The first-order valence-corrected chi connectivity index (χ1v) is 9.05. The van der Waals surface area contributed by atoms with Crippen LogP contribution in [0.2, 0.25) is 0 Å². The first-order valence-electron chi connectivity index (χ1n) is 5.90. The molecule has 5 nitrogen and oxygen atoms in total. The van der Waals surface area contributed by atoms with E-state index in [2.05, 4.69) is 20.7 Å². The van der Waals surface area contributed by atoms with Crippen molar-refractivity contribution in [2.45, 2.75) is 17.9 Å². The van der Waals surface area contributed by atoms with E-state index in [4.69, 9.17) is 5.11 Å². The van der Waals surface area contributed by atoms with Gasteiger partial charge in [0, 0.05) is 9.35 Å². The number of aromatic carboxylic acids is 1. The molecule has 0 saturated carbocycles. The average molecular weight is 390 g/mol. The van der Waals surface area contributed by atoms with Crippen molar-refractivity contribution in [1.29, 1.82) is 0 Å². The van der Waals surface area contributed by atoms with Crippen LogP contribution in [0, 0.1) is 0 Å². The molecular weight excluding hydrogens is 378 g/mol. The molecule has 0 aliphatic rings. The summed E-state index contributed by atoms with van der Waals surface area (Å²) in [5, 5.41) is 10.8. The Balaban J connectivity index is 2.29. The van der Waals surface area contributed by atoms with Crippen molar-refractivity contribution < 1.29 is 18.3 Å². The van der Waals surface area contributed by atoms with Gasteiger partial charge < -0.3 is 5.11 Å². The number of carboxylic acid groups (broad SMARTS) is 1. The Hall–Kier alpha value is -1.22. The van der Waals surface area contributed by atoms with E-state index in [9.17, 15) is 13.2 Å². The number of rotatable bonds is 5. The fourth-order valence-electron chi connectivity index (χ4n) is 1.74. The molecule has 0 aliphatic heterocycles. The zero-order valence-electron chi connectivity index (χ0n) is 10.9. The molecule has 2 rings (SSSR count). The highest BCUT2D eigenvalue weighted by molar-refractivity contribution is 9.10. The number of halogens is 1. The van der Waals surface area contributed by atoms with Crippen LogP contribution in [0.15, 0.2) is 45.1 Å². The minimum absolute atomic E-state index is 0.0101. The summed E-state index contributed by atoms with van der Waals surface area (Å²) in [6.45, 7) is 1.75. The molecule has 0 spiro atoms. The summed E-state index contributed by atoms with van der Waals surface area (Å²) in [5.74, 6) is -1.11. The summed E-state index contributed by atoms with van der Waals surface area (Å²) in [6, 6.07) is 7.14. The molecule has 1 heterocycles. The van der Waals surface area contributed by atoms with E-state index in [1.807, 2.05) is 17.5 Å². The minimum Gasteiger partial charge on any atom is -0.478 e. The molecule has 0 amide bonds. The highest BCUT2D eigenvalue weighted by Gasteiger charge is 2.22. The quantitative estimate of drug-likeness (QED) is 0.821. The molecular formula is C13H12BrNO4S2. The molecule has 0 saturated heterocycles. The lowest BCUT2D eigenvalue weighted by molar-refractivity contribution is 0.0696. The van der Waals surface area contributed by atoms with Gasteiger partial charge in [-0.15, -0.1) is 11.3 Å². The molecule has 2 aromatic rings. The van der Waals surface area contributed by atoms with Gasteiger partial charge in [-0.3, -0.25) is 0 Å². The van der Waals surface area contributed by atoms with Crippen molar-refractivity contribution in [2.75, 3.05) is 0 Å². The van der Waals surface area contributed by atoms with Crippen molar-refractivity contribution >= 4 is 43.3 Å². The molecule has 0 unspecified atom stereocenters. The lowest BCUT2D eigenvalue weighted by Gasteiger charge is -2.14. The monoisotopic (exact) mass is 389 g/mol. The van der Waals surface area contributed by atoms with Gasteiger partial charge in [0.15, 0.2) is 0 Å². The van der Waals surface area contributed by atoms with E-state index < -0.39 is 16.0 Å². The topological polar surface area (TPSA) is 83.5 Å². The number of carbonyl (C=O) groups is 1. The molecule has 21 heavy (non-hydrogen) atoms. The Morgan fingerprint density at radius 3 is 2.62 bits per heavy atom. The van der Waals surface area contributed by atoms with E-state index in [1.54, 1.807) is 6.92 Å². The smallest absolute Gasteiger partial charge is 0.335 e. The normalized spacial score (nSPS) is 13.0. The molecule has 1 aromatic heterocycles. The second kappa shape index (κ2) is 6.27. The second-order valence-corrected chi connectivity index (χ2v) is 7.82. The third kappa shape index (κ3) is 3.70. The van der Waals surface area contributed by atoms with Crippen LogP contribution in [0.5, 0.6) is 0 Å². The Kier molecular flexibility index (Phi) is 4.82. The maximum atomic E-state index is 12.4. The van der Waals surface area contributed by atoms with E-state index >= 15 is 0 Å². The zero-order valence-corrected chi connectivity index (χ0v) is 14.1. The summed E-state index contributed by atoms with van der Waals surface area (Å²) in [4.78, 5) is 11.8. The molecule has 8 heteroatoms. The first-order chi connectivity index (χ1) is 9.81. The van der Waals surface area contributed by atoms with Gasteiger partial charge >= 0.3 is 5.97 Å². The lowest BCUT2D eigenvalue weighted by Crippen LogP contribution is -2.26. The van der Waals surface area contributed by atoms with E-state index in [1.165, 1.54) is 29.5 Å². The number of sulfonamides is 1. The van der Waals surface area contributed by atoms with Crippen LogP contribution in [0.25, 0.3) is 0 Å². The van der Waals surface area contributed by atoms with Gasteiger partial charge in [-0.1, -0.05) is 6.07 Å². The molecule has 0 bridgehead atoms. The van der Waals surface area contributed by atoms with Crippen molar-refractivity contribution in [1.82, 2.24) is 4.72 Å². The van der Waals surface area contributed by atoms with E-state index in [0.29, 0.717) is 0 Å². The van der Waals surface area contributed by atoms with Crippen molar-refractivity contribution in [3.05, 3.63) is 50.6 Å². The highest BCUT2D eigenvalue weighted by atomic mass is 79.9. The number of carboxylic acids is 1. The first kappa shape index (κ1) is 16.2. The van der Waals surface area contributed by atoms with Gasteiger partial charge in [-0.2, -0.15) is 0 Å².